The summed E-state index contributed by atoms with van der Waals surface area (Å²) in [6, 6.07) is 22.2. The number of hydrogen-bond acceptors (Lipinski definition) is 1. The fraction of sp³-hybridized carbons (Fsp3) is 0.455. The van der Waals surface area contributed by atoms with Gasteiger partial charge in [-0.1, -0.05) is 86.8 Å². The minimum absolute atomic E-state index is 0.465. The summed E-state index contributed by atoms with van der Waals surface area (Å²) >= 11 is 0. The summed E-state index contributed by atoms with van der Waals surface area (Å²) in [5, 5.41) is 2.89. The third-order valence-corrected chi connectivity index (χ3v) is 10.9. The zero-order valence-corrected chi connectivity index (χ0v) is 15.7. The van der Waals surface area contributed by atoms with Gasteiger partial charge in [0.05, 0.1) is 0 Å². The minimum Gasteiger partial charge on any atom is -0.404 e. The van der Waals surface area contributed by atoms with E-state index in [2.05, 4.69) is 67.6 Å². The Morgan fingerprint density at radius 3 is 1.88 bits per heavy atom. The smallest absolute Gasteiger partial charge is 0.259 e. The molecular weight excluding hydrogens is 308 g/mol. The molecule has 1 aliphatic carbocycles. The summed E-state index contributed by atoms with van der Waals surface area (Å²) in [6.07, 6.45) is 8.64. The van der Waals surface area contributed by atoms with E-state index in [-0.39, 0.29) is 0 Å². The molecule has 0 unspecified atom stereocenters. The van der Waals surface area contributed by atoms with E-state index in [1.54, 1.807) is 0 Å². The van der Waals surface area contributed by atoms with Crippen LogP contribution in [-0.2, 0) is 4.43 Å². The van der Waals surface area contributed by atoms with Gasteiger partial charge in [-0.15, -0.1) is 0 Å². The monoisotopic (exact) mass is 336 g/mol. The summed E-state index contributed by atoms with van der Waals surface area (Å²) in [5.74, 6) is 0.781. The van der Waals surface area contributed by atoms with Crippen LogP contribution >= 0.6 is 0 Å². The fourth-order valence-electron chi connectivity index (χ4n) is 4.96. The van der Waals surface area contributed by atoms with Crippen LogP contribution in [0.25, 0.3) is 0 Å². The van der Waals surface area contributed by atoms with Crippen molar-refractivity contribution in [2.24, 2.45) is 5.92 Å². The van der Waals surface area contributed by atoms with Gasteiger partial charge in [0.15, 0.2) is 0 Å². The maximum absolute atomic E-state index is 7.11. The topological polar surface area (TPSA) is 9.23 Å². The fourth-order valence-corrected chi connectivity index (χ4v) is 9.64. The Morgan fingerprint density at radius 2 is 1.33 bits per heavy atom. The average molecular weight is 337 g/mol. The van der Waals surface area contributed by atoms with Crippen molar-refractivity contribution < 1.29 is 4.43 Å². The third kappa shape index (κ3) is 2.76. The second-order valence-corrected chi connectivity index (χ2v) is 11.5. The van der Waals surface area contributed by atoms with Crippen LogP contribution < -0.4 is 10.4 Å². The molecule has 2 atom stereocenters. The molecule has 1 heterocycles. The van der Waals surface area contributed by atoms with Gasteiger partial charge in [0.1, 0.15) is 0 Å². The van der Waals surface area contributed by atoms with E-state index in [0.29, 0.717) is 11.6 Å². The van der Waals surface area contributed by atoms with Gasteiger partial charge < -0.3 is 4.43 Å². The van der Waals surface area contributed by atoms with Gasteiger partial charge in [0, 0.05) is 6.10 Å². The first-order chi connectivity index (χ1) is 11.8. The Bertz CT molecular complexity index is 609. The Kier molecular flexibility index (Phi) is 4.60. The lowest BCUT2D eigenvalue weighted by Crippen LogP contribution is -2.61. The Morgan fingerprint density at radius 1 is 0.792 bits per heavy atom. The first-order valence-corrected chi connectivity index (χ1v) is 11.6. The van der Waals surface area contributed by atoms with Gasteiger partial charge in [0.2, 0.25) is 0 Å². The van der Waals surface area contributed by atoms with Crippen LogP contribution in [0.1, 0.15) is 45.4 Å². The summed E-state index contributed by atoms with van der Waals surface area (Å²) in [7, 11) is -2.13. The first kappa shape index (κ1) is 16.1. The molecule has 0 amide bonds. The van der Waals surface area contributed by atoms with Crippen LogP contribution in [0, 0.1) is 5.92 Å². The minimum atomic E-state index is -2.13. The largest absolute Gasteiger partial charge is 0.404 e. The summed E-state index contributed by atoms with van der Waals surface area (Å²) in [6.45, 7) is 2.44. The molecule has 0 N–H and O–H groups in total. The predicted octanol–water partition coefficient (Wildman–Crippen LogP) is 4.51. The van der Waals surface area contributed by atoms with Crippen molar-refractivity contribution in [3.8, 4) is 0 Å². The van der Waals surface area contributed by atoms with Crippen molar-refractivity contribution in [3.05, 3.63) is 60.7 Å². The van der Waals surface area contributed by atoms with Crippen molar-refractivity contribution in [2.45, 2.75) is 57.1 Å². The molecule has 1 saturated carbocycles. The Hall–Kier alpha value is -1.38. The molecule has 1 nitrogen and oxygen atoms in total. The maximum Gasteiger partial charge on any atom is 0.259 e. The van der Waals surface area contributed by atoms with Crippen LogP contribution in [0.15, 0.2) is 60.7 Å². The van der Waals surface area contributed by atoms with Gasteiger partial charge in [-0.25, -0.2) is 0 Å². The lowest BCUT2D eigenvalue weighted by molar-refractivity contribution is 0.123. The van der Waals surface area contributed by atoms with Crippen LogP contribution in [0.4, 0.5) is 0 Å². The van der Waals surface area contributed by atoms with Crippen molar-refractivity contribution in [1.82, 2.24) is 0 Å². The molecule has 0 spiro atoms. The highest BCUT2D eigenvalue weighted by Crippen LogP contribution is 2.43. The van der Waals surface area contributed by atoms with Crippen LogP contribution in [-0.4, -0.2) is 14.4 Å². The Labute approximate surface area is 147 Å². The van der Waals surface area contributed by atoms with E-state index in [9.17, 15) is 0 Å². The summed E-state index contributed by atoms with van der Waals surface area (Å²) in [5.41, 5.74) is 0.634. The van der Waals surface area contributed by atoms with Gasteiger partial charge in [0.25, 0.3) is 8.32 Å². The molecule has 2 aromatic carbocycles. The molecule has 0 aromatic heterocycles. The highest BCUT2D eigenvalue weighted by atomic mass is 28.4. The predicted molar refractivity (Wildman–Crippen MR) is 103 cm³/mol. The molecule has 4 rings (SSSR count). The number of benzene rings is 2. The molecule has 1 saturated heterocycles. The Balaban J connectivity index is 1.74. The average Bonchev–Trinajstić information content (AvgIpc) is 3.02. The third-order valence-electron chi connectivity index (χ3n) is 6.20. The van der Waals surface area contributed by atoms with E-state index in [0.717, 1.165) is 5.92 Å². The molecule has 0 radical (unpaired) electrons. The zero-order valence-electron chi connectivity index (χ0n) is 14.7. The van der Waals surface area contributed by atoms with Gasteiger partial charge >= 0.3 is 0 Å². The SMILES string of the molecule is C[C@H]1C[C@H](C2CCCCC2)O[Si]1(c1ccccc1)c1ccccc1. The lowest BCUT2D eigenvalue weighted by atomic mass is 9.84. The highest BCUT2D eigenvalue weighted by molar-refractivity contribution is 6.98. The van der Waals surface area contributed by atoms with E-state index < -0.39 is 8.32 Å². The van der Waals surface area contributed by atoms with Crippen molar-refractivity contribution in [2.75, 3.05) is 0 Å². The van der Waals surface area contributed by atoms with Crippen LogP contribution in [0.5, 0.6) is 0 Å². The van der Waals surface area contributed by atoms with Crippen molar-refractivity contribution in [3.63, 3.8) is 0 Å². The quantitative estimate of drug-likeness (QED) is 0.750. The first-order valence-electron chi connectivity index (χ1n) is 9.59. The second-order valence-electron chi connectivity index (χ2n) is 7.66. The molecule has 126 valence electrons. The molecule has 24 heavy (non-hydrogen) atoms. The highest BCUT2D eigenvalue weighted by Gasteiger charge is 2.53. The second kappa shape index (κ2) is 6.85. The summed E-state index contributed by atoms with van der Waals surface area (Å²) < 4.78 is 7.11. The van der Waals surface area contributed by atoms with Crippen LogP contribution in [0.3, 0.4) is 0 Å². The van der Waals surface area contributed by atoms with Crippen LogP contribution in [0.2, 0.25) is 5.54 Å². The molecule has 2 heteroatoms. The number of rotatable bonds is 3. The van der Waals surface area contributed by atoms with Gasteiger partial charge in [-0.05, 0) is 41.1 Å². The standard InChI is InChI=1S/C22H28OSi/c1-18-17-22(19-11-5-2-6-12-19)23-24(18,20-13-7-3-8-14-20)21-15-9-4-10-16-21/h3-4,7-10,13-16,18-19,22H,2,5-6,11-12,17H2,1H3/t18-,22+/m0/s1. The van der Waals surface area contributed by atoms with E-state index >= 15 is 0 Å². The van der Waals surface area contributed by atoms with E-state index in [1.165, 1.54) is 48.9 Å². The molecule has 0 bridgehead atoms. The van der Waals surface area contributed by atoms with E-state index in [4.69, 9.17) is 4.43 Å². The molecule has 2 aliphatic rings. The van der Waals surface area contributed by atoms with Gasteiger partial charge in [-0.2, -0.15) is 0 Å². The molecular formula is C22H28OSi. The lowest BCUT2D eigenvalue weighted by Gasteiger charge is -2.33. The normalized spacial score (nSPS) is 27.2. The zero-order chi connectivity index (χ0) is 16.4. The molecule has 2 aromatic rings. The molecule has 2 fully saturated rings. The van der Waals surface area contributed by atoms with Gasteiger partial charge in [-0.3, -0.25) is 0 Å². The van der Waals surface area contributed by atoms with Crippen molar-refractivity contribution in [1.29, 1.82) is 0 Å². The molecule has 1 aliphatic heterocycles. The van der Waals surface area contributed by atoms with Crippen molar-refractivity contribution >= 4 is 18.7 Å². The van der Waals surface area contributed by atoms with E-state index in [1.807, 2.05) is 0 Å². The summed E-state index contributed by atoms with van der Waals surface area (Å²) in [4.78, 5) is 0. The maximum atomic E-state index is 7.11. The number of hydrogen-bond donors (Lipinski definition) is 0.